The third-order valence-electron chi connectivity index (χ3n) is 4.54. The Kier molecular flexibility index (Phi) is 4.65. The predicted octanol–water partition coefficient (Wildman–Crippen LogP) is 4.07. The quantitative estimate of drug-likeness (QED) is 0.923. The zero-order valence-corrected chi connectivity index (χ0v) is 13.6. The Morgan fingerprint density at radius 3 is 2.73 bits per heavy atom. The molecule has 2 aromatic rings. The summed E-state index contributed by atoms with van der Waals surface area (Å²) in [4.78, 5) is 0. The van der Waals surface area contributed by atoms with Gasteiger partial charge < -0.3 is 14.8 Å². The van der Waals surface area contributed by atoms with E-state index in [-0.39, 0.29) is 0 Å². The Hall–Kier alpha value is -1.58. The molecule has 0 amide bonds. The molecule has 1 N–H and O–H groups in total. The minimum Gasteiger partial charge on any atom is -0.497 e. The molecule has 3 nitrogen and oxygen atoms in total. The first-order valence-corrected chi connectivity index (χ1v) is 8.11. The highest BCUT2D eigenvalue weighted by atomic mass is 16.5. The van der Waals surface area contributed by atoms with Crippen LogP contribution in [0.5, 0.6) is 5.75 Å². The van der Waals surface area contributed by atoms with E-state index in [4.69, 9.17) is 9.47 Å². The summed E-state index contributed by atoms with van der Waals surface area (Å²) in [5.74, 6) is 0.905. The smallest absolute Gasteiger partial charge is 0.119 e. The molecule has 1 saturated heterocycles. The second-order valence-corrected chi connectivity index (χ2v) is 6.26. The lowest BCUT2D eigenvalue weighted by molar-refractivity contribution is 0.0116. The molecule has 0 aromatic heterocycles. The standard InChI is InChI=1S/C19H25NO2/c1-13-10-18(8-9-22-13)20-14(2)15-4-5-17-12-19(21-3)7-6-16(17)11-15/h4-7,11-14,18,20H,8-10H2,1-3H3/t13-,14+,18-/m1/s1. The molecule has 3 heteroatoms. The second kappa shape index (κ2) is 6.67. The van der Waals surface area contributed by atoms with Gasteiger partial charge in [0.1, 0.15) is 5.75 Å². The highest BCUT2D eigenvalue weighted by Crippen LogP contribution is 2.25. The second-order valence-electron chi connectivity index (χ2n) is 6.26. The summed E-state index contributed by atoms with van der Waals surface area (Å²) < 4.78 is 10.9. The Bertz CT molecular complexity index is 640. The molecule has 118 valence electrons. The van der Waals surface area contributed by atoms with Crippen LogP contribution in [0.2, 0.25) is 0 Å². The Labute approximate surface area is 132 Å². The molecule has 0 aliphatic carbocycles. The van der Waals surface area contributed by atoms with Crippen molar-refractivity contribution in [3.63, 3.8) is 0 Å². The average Bonchev–Trinajstić information content (AvgIpc) is 2.53. The van der Waals surface area contributed by atoms with E-state index >= 15 is 0 Å². The predicted molar refractivity (Wildman–Crippen MR) is 90.5 cm³/mol. The van der Waals surface area contributed by atoms with E-state index < -0.39 is 0 Å². The fraction of sp³-hybridized carbons (Fsp3) is 0.474. The Morgan fingerprint density at radius 2 is 1.95 bits per heavy atom. The van der Waals surface area contributed by atoms with Crippen molar-refractivity contribution in [2.45, 2.75) is 44.9 Å². The van der Waals surface area contributed by atoms with E-state index in [1.54, 1.807) is 7.11 Å². The summed E-state index contributed by atoms with van der Waals surface area (Å²) >= 11 is 0. The lowest BCUT2D eigenvalue weighted by atomic mass is 9.99. The van der Waals surface area contributed by atoms with Gasteiger partial charge in [0, 0.05) is 18.7 Å². The average molecular weight is 299 g/mol. The van der Waals surface area contributed by atoms with Crippen LogP contribution in [0.15, 0.2) is 36.4 Å². The van der Waals surface area contributed by atoms with Crippen molar-refractivity contribution in [3.8, 4) is 5.75 Å². The number of hydrogen-bond acceptors (Lipinski definition) is 3. The van der Waals surface area contributed by atoms with Crippen LogP contribution in [-0.4, -0.2) is 25.9 Å². The Balaban J connectivity index is 1.74. The molecule has 1 aliphatic rings. The van der Waals surface area contributed by atoms with Gasteiger partial charge in [0.15, 0.2) is 0 Å². The Morgan fingerprint density at radius 1 is 1.18 bits per heavy atom. The van der Waals surface area contributed by atoms with Gasteiger partial charge >= 0.3 is 0 Å². The molecule has 0 unspecified atom stereocenters. The summed E-state index contributed by atoms with van der Waals surface area (Å²) in [5, 5.41) is 6.22. The first kappa shape index (κ1) is 15.3. The molecular weight excluding hydrogens is 274 g/mol. The van der Waals surface area contributed by atoms with Crippen LogP contribution in [0.4, 0.5) is 0 Å². The molecule has 1 aliphatic heterocycles. The fourth-order valence-corrected chi connectivity index (χ4v) is 3.24. The third kappa shape index (κ3) is 3.42. The van der Waals surface area contributed by atoms with E-state index in [9.17, 15) is 0 Å². The maximum absolute atomic E-state index is 5.62. The van der Waals surface area contributed by atoms with Gasteiger partial charge in [-0.2, -0.15) is 0 Å². The minimum atomic E-state index is 0.349. The van der Waals surface area contributed by atoms with Crippen molar-refractivity contribution in [2.24, 2.45) is 0 Å². The van der Waals surface area contributed by atoms with E-state index in [1.165, 1.54) is 16.3 Å². The van der Waals surface area contributed by atoms with Crippen LogP contribution in [0.1, 0.15) is 38.3 Å². The van der Waals surface area contributed by atoms with Crippen molar-refractivity contribution >= 4 is 10.8 Å². The summed E-state index contributed by atoms with van der Waals surface area (Å²) in [6.07, 6.45) is 2.55. The van der Waals surface area contributed by atoms with Gasteiger partial charge in [-0.3, -0.25) is 0 Å². The van der Waals surface area contributed by atoms with Crippen LogP contribution in [0.25, 0.3) is 10.8 Å². The molecule has 1 fully saturated rings. The SMILES string of the molecule is COc1ccc2cc([C@H](C)N[C@@H]3CCO[C@H](C)C3)ccc2c1. The van der Waals surface area contributed by atoms with Gasteiger partial charge in [-0.15, -0.1) is 0 Å². The molecule has 1 heterocycles. The van der Waals surface area contributed by atoms with E-state index in [1.807, 2.05) is 6.07 Å². The molecule has 22 heavy (non-hydrogen) atoms. The van der Waals surface area contributed by atoms with Crippen LogP contribution in [0.3, 0.4) is 0 Å². The van der Waals surface area contributed by atoms with Gasteiger partial charge in [-0.1, -0.05) is 18.2 Å². The number of rotatable bonds is 4. The zero-order valence-electron chi connectivity index (χ0n) is 13.6. The molecule has 0 bridgehead atoms. The first-order valence-electron chi connectivity index (χ1n) is 8.11. The number of fused-ring (bicyclic) bond motifs is 1. The highest BCUT2D eigenvalue weighted by molar-refractivity contribution is 5.84. The van der Waals surface area contributed by atoms with Crippen molar-refractivity contribution in [3.05, 3.63) is 42.0 Å². The summed E-state index contributed by atoms with van der Waals surface area (Å²) in [7, 11) is 1.70. The van der Waals surface area contributed by atoms with E-state index in [0.29, 0.717) is 18.2 Å². The summed E-state index contributed by atoms with van der Waals surface area (Å²) in [5.41, 5.74) is 1.33. The number of hydrogen-bond donors (Lipinski definition) is 1. The maximum atomic E-state index is 5.62. The molecular formula is C19H25NO2. The van der Waals surface area contributed by atoms with Gasteiger partial charge in [0.05, 0.1) is 13.2 Å². The molecule has 0 saturated carbocycles. The lowest BCUT2D eigenvalue weighted by Gasteiger charge is -2.30. The number of benzene rings is 2. The number of nitrogens with one attached hydrogen (secondary N) is 1. The highest BCUT2D eigenvalue weighted by Gasteiger charge is 2.21. The first-order chi connectivity index (χ1) is 10.7. The van der Waals surface area contributed by atoms with Crippen LogP contribution < -0.4 is 10.1 Å². The van der Waals surface area contributed by atoms with Gasteiger partial charge in [0.25, 0.3) is 0 Å². The molecule has 3 rings (SSSR count). The third-order valence-corrected chi connectivity index (χ3v) is 4.54. The van der Waals surface area contributed by atoms with Crippen molar-refractivity contribution in [2.75, 3.05) is 13.7 Å². The molecule has 3 atom stereocenters. The zero-order chi connectivity index (χ0) is 15.5. The molecule has 2 aromatic carbocycles. The monoisotopic (exact) mass is 299 g/mol. The van der Waals surface area contributed by atoms with Crippen LogP contribution in [0, 0.1) is 0 Å². The number of ether oxygens (including phenoxy) is 2. The minimum absolute atomic E-state index is 0.349. The largest absolute Gasteiger partial charge is 0.497 e. The fourth-order valence-electron chi connectivity index (χ4n) is 3.24. The molecule has 0 radical (unpaired) electrons. The van der Waals surface area contributed by atoms with E-state index in [2.05, 4.69) is 49.5 Å². The lowest BCUT2D eigenvalue weighted by Crippen LogP contribution is -2.39. The van der Waals surface area contributed by atoms with Gasteiger partial charge in [0.2, 0.25) is 0 Å². The summed E-state index contributed by atoms with van der Waals surface area (Å²) in [6, 6.07) is 13.8. The van der Waals surface area contributed by atoms with E-state index in [0.717, 1.165) is 25.2 Å². The van der Waals surface area contributed by atoms with Crippen molar-refractivity contribution < 1.29 is 9.47 Å². The normalized spacial score (nSPS) is 23.4. The van der Waals surface area contributed by atoms with Crippen LogP contribution >= 0.6 is 0 Å². The van der Waals surface area contributed by atoms with Crippen LogP contribution in [-0.2, 0) is 4.74 Å². The number of methoxy groups -OCH3 is 1. The topological polar surface area (TPSA) is 30.5 Å². The van der Waals surface area contributed by atoms with Gasteiger partial charge in [-0.05, 0) is 61.2 Å². The van der Waals surface area contributed by atoms with Crippen molar-refractivity contribution in [1.29, 1.82) is 0 Å². The van der Waals surface area contributed by atoms with Crippen molar-refractivity contribution in [1.82, 2.24) is 5.32 Å². The summed E-state index contributed by atoms with van der Waals surface area (Å²) in [6.45, 7) is 5.26. The van der Waals surface area contributed by atoms with Gasteiger partial charge in [-0.25, -0.2) is 0 Å². The maximum Gasteiger partial charge on any atom is 0.119 e. The molecule has 0 spiro atoms.